The molecule has 28 heavy (non-hydrogen) atoms. The van der Waals surface area contributed by atoms with E-state index in [2.05, 4.69) is 47.7 Å². The van der Waals surface area contributed by atoms with Crippen LogP contribution in [0.2, 0.25) is 0 Å². The topological polar surface area (TPSA) is 63.2 Å². The smallest absolute Gasteiger partial charge is 0.257 e. The summed E-state index contributed by atoms with van der Waals surface area (Å²) >= 11 is 0. The van der Waals surface area contributed by atoms with Crippen LogP contribution in [0, 0.1) is 13.8 Å². The predicted molar refractivity (Wildman–Crippen MR) is 114 cm³/mol. The Hall–Kier alpha value is -3.34. The van der Waals surface area contributed by atoms with Crippen LogP contribution < -0.4 is 15.4 Å². The molecule has 0 saturated carbocycles. The van der Waals surface area contributed by atoms with Crippen LogP contribution in [0.4, 0.5) is 17.1 Å². The van der Waals surface area contributed by atoms with Gasteiger partial charge >= 0.3 is 0 Å². The Morgan fingerprint density at radius 3 is 2.39 bits per heavy atom. The standard InChI is InChI=1S/C23H25N3O2/c1-15(2)28-22-8-6-5-7-21(22)26-23(27)18-12-20(14-24-13-18)25-19-10-16(3)9-17(4)11-19/h5-15,25H,1-4H3,(H,26,27). The van der Waals surface area contributed by atoms with Crippen molar-refractivity contribution in [3.05, 3.63) is 77.6 Å². The number of hydrogen-bond acceptors (Lipinski definition) is 4. The number of carbonyl (C=O) groups is 1. The van der Waals surface area contributed by atoms with Crippen molar-refractivity contribution in [2.75, 3.05) is 10.6 Å². The number of carbonyl (C=O) groups excluding carboxylic acids is 1. The van der Waals surface area contributed by atoms with Gasteiger partial charge < -0.3 is 15.4 Å². The monoisotopic (exact) mass is 375 g/mol. The molecule has 144 valence electrons. The molecule has 5 nitrogen and oxygen atoms in total. The van der Waals surface area contributed by atoms with Crippen LogP contribution in [0.25, 0.3) is 0 Å². The lowest BCUT2D eigenvalue weighted by atomic mass is 10.1. The maximum absolute atomic E-state index is 12.7. The molecule has 5 heteroatoms. The highest BCUT2D eigenvalue weighted by Crippen LogP contribution is 2.26. The van der Waals surface area contributed by atoms with Crippen molar-refractivity contribution in [1.82, 2.24) is 4.98 Å². The van der Waals surface area contributed by atoms with Crippen molar-refractivity contribution in [2.45, 2.75) is 33.8 Å². The van der Waals surface area contributed by atoms with E-state index in [0.29, 0.717) is 17.0 Å². The second kappa shape index (κ2) is 8.57. The fourth-order valence-electron chi connectivity index (χ4n) is 2.97. The molecule has 0 atom stereocenters. The van der Waals surface area contributed by atoms with Crippen LogP contribution >= 0.6 is 0 Å². The lowest BCUT2D eigenvalue weighted by Crippen LogP contribution is -2.15. The molecule has 2 N–H and O–H groups in total. The first-order chi connectivity index (χ1) is 13.4. The summed E-state index contributed by atoms with van der Waals surface area (Å²) in [4.78, 5) is 16.9. The van der Waals surface area contributed by atoms with Crippen LogP contribution in [-0.2, 0) is 0 Å². The number of nitrogens with zero attached hydrogens (tertiary/aromatic N) is 1. The highest BCUT2D eigenvalue weighted by atomic mass is 16.5. The summed E-state index contributed by atoms with van der Waals surface area (Å²) in [6.45, 7) is 8.00. The first kappa shape index (κ1) is 19.4. The Morgan fingerprint density at radius 2 is 1.68 bits per heavy atom. The molecule has 3 rings (SSSR count). The number of para-hydroxylation sites is 2. The largest absolute Gasteiger partial charge is 0.489 e. The molecule has 3 aromatic rings. The van der Waals surface area contributed by atoms with Crippen LogP contribution in [0.3, 0.4) is 0 Å². The lowest BCUT2D eigenvalue weighted by molar-refractivity contribution is 0.102. The van der Waals surface area contributed by atoms with E-state index in [-0.39, 0.29) is 12.0 Å². The van der Waals surface area contributed by atoms with Gasteiger partial charge in [-0.05, 0) is 69.2 Å². The Kier molecular flexibility index (Phi) is 5.94. The first-order valence-corrected chi connectivity index (χ1v) is 9.28. The Balaban J connectivity index is 1.78. The molecule has 0 fully saturated rings. The quantitative estimate of drug-likeness (QED) is 0.599. The molecule has 1 heterocycles. The van der Waals surface area contributed by atoms with Gasteiger partial charge in [0.15, 0.2) is 0 Å². The zero-order valence-electron chi connectivity index (χ0n) is 16.6. The minimum absolute atomic E-state index is 0.0185. The molecule has 1 amide bonds. The molecule has 0 bridgehead atoms. The number of rotatable bonds is 6. The summed E-state index contributed by atoms with van der Waals surface area (Å²) in [5.74, 6) is 0.403. The van der Waals surface area contributed by atoms with E-state index >= 15 is 0 Å². The van der Waals surface area contributed by atoms with Crippen molar-refractivity contribution >= 4 is 23.0 Å². The third-order valence-corrected chi connectivity index (χ3v) is 4.01. The minimum atomic E-state index is -0.239. The number of aryl methyl sites for hydroxylation is 2. The third-order valence-electron chi connectivity index (χ3n) is 4.01. The SMILES string of the molecule is Cc1cc(C)cc(Nc2cncc(C(=O)Nc3ccccc3OC(C)C)c2)c1. The maximum Gasteiger partial charge on any atom is 0.257 e. The number of benzene rings is 2. The molecular weight excluding hydrogens is 350 g/mol. The zero-order chi connectivity index (χ0) is 20.1. The summed E-state index contributed by atoms with van der Waals surface area (Å²) in [6.07, 6.45) is 3.27. The Morgan fingerprint density at radius 1 is 0.964 bits per heavy atom. The number of anilines is 3. The number of ether oxygens (including phenoxy) is 1. The van der Waals surface area contributed by atoms with Gasteiger partial charge in [-0.1, -0.05) is 18.2 Å². The van der Waals surface area contributed by atoms with Crippen LogP contribution in [0.1, 0.15) is 35.3 Å². The zero-order valence-corrected chi connectivity index (χ0v) is 16.6. The van der Waals surface area contributed by atoms with E-state index in [4.69, 9.17) is 4.74 Å². The van der Waals surface area contributed by atoms with Gasteiger partial charge in [0.2, 0.25) is 0 Å². The fraction of sp³-hybridized carbons (Fsp3) is 0.217. The van der Waals surface area contributed by atoms with Gasteiger partial charge in [0.25, 0.3) is 5.91 Å². The van der Waals surface area contributed by atoms with E-state index in [1.165, 1.54) is 11.1 Å². The van der Waals surface area contributed by atoms with Crippen molar-refractivity contribution < 1.29 is 9.53 Å². The molecule has 0 radical (unpaired) electrons. The Labute approximate surface area is 165 Å². The molecule has 2 aromatic carbocycles. The van der Waals surface area contributed by atoms with Crippen molar-refractivity contribution in [3.8, 4) is 5.75 Å². The van der Waals surface area contributed by atoms with Gasteiger partial charge in [-0.25, -0.2) is 0 Å². The van der Waals surface area contributed by atoms with Gasteiger partial charge in [-0.3, -0.25) is 9.78 Å². The number of hydrogen-bond donors (Lipinski definition) is 2. The van der Waals surface area contributed by atoms with Gasteiger partial charge in [0.05, 0.1) is 29.2 Å². The molecule has 0 spiro atoms. The highest BCUT2D eigenvalue weighted by molar-refractivity contribution is 6.05. The van der Waals surface area contributed by atoms with Crippen LogP contribution in [-0.4, -0.2) is 17.0 Å². The van der Waals surface area contributed by atoms with Gasteiger partial charge in [-0.15, -0.1) is 0 Å². The van der Waals surface area contributed by atoms with Gasteiger partial charge in [0, 0.05) is 11.9 Å². The predicted octanol–water partition coefficient (Wildman–Crippen LogP) is 5.48. The normalized spacial score (nSPS) is 10.6. The maximum atomic E-state index is 12.7. The lowest BCUT2D eigenvalue weighted by Gasteiger charge is -2.15. The highest BCUT2D eigenvalue weighted by Gasteiger charge is 2.12. The van der Waals surface area contributed by atoms with E-state index < -0.39 is 0 Å². The third kappa shape index (κ3) is 5.10. The summed E-state index contributed by atoms with van der Waals surface area (Å²) in [7, 11) is 0. The molecule has 0 aliphatic rings. The van der Waals surface area contributed by atoms with Gasteiger partial charge in [-0.2, -0.15) is 0 Å². The minimum Gasteiger partial charge on any atom is -0.489 e. The summed E-state index contributed by atoms with van der Waals surface area (Å²) in [5.41, 5.74) is 5.16. The molecular formula is C23H25N3O2. The first-order valence-electron chi connectivity index (χ1n) is 9.28. The van der Waals surface area contributed by atoms with Crippen LogP contribution in [0.15, 0.2) is 60.9 Å². The van der Waals surface area contributed by atoms with E-state index in [1.54, 1.807) is 18.5 Å². The number of nitrogens with one attached hydrogen (secondary N) is 2. The van der Waals surface area contributed by atoms with Crippen LogP contribution in [0.5, 0.6) is 5.75 Å². The van der Waals surface area contributed by atoms with Gasteiger partial charge in [0.1, 0.15) is 5.75 Å². The number of amides is 1. The van der Waals surface area contributed by atoms with E-state index in [0.717, 1.165) is 11.4 Å². The molecule has 0 aliphatic heterocycles. The Bertz CT molecular complexity index is 963. The second-order valence-corrected chi connectivity index (χ2v) is 7.08. The summed E-state index contributed by atoms with van der Waals surface area (Å²) in [5, 5.41) is 6.22. The molecule has 1 aromatic heterocycles. The summed E-state index contributed by atoms with van der Waals surface area (Å²) < 4.78 is 5.76. The summed E-state index contributed by atoms with van der Waals surface area (Å²) in [6, 6.07) is 15.4. The van der Waals surface area contributed by atoms with Crippen molar-refractivity contribution in [3.63, 3.8) is 0 Å². The average molecular weight is 375 g/mol. The van der Waals surface area contributed by atoms with E-state index in [9.17, 15) is 4.79 Å². The van der Waals surface area contributed by atoms with Crippen molar-refractivity contribution in [1.29, 1.82) is 0 Å². The fourth-order valence-corrected chi connectivity index (χ4v) is 2.97. The molecule has 0 saturated heterocycles. The number of aromatic nitrogens is 1. The molecule has 0 unspecified atom stereocenters. The van der Waals surface area contributed by atoms with Crippen molar-refractivity contribution in [2.24, 2.45) is 0 Å². The average Bonchev–Trinajstić information content (AvgIpc) is 2.62. The second-order valence-electron chi connectivity index (χ2n) is 7.08. The number of pyridine rings is 1. The molecule has 0 aliphatic carbocycles. The van der Waals surface area contributed by atoms with E-state index in [1.807, 2.05) is 38.1 Å².